The molecule has 0 bridgehead atoms. The van der Waals surface area contributed by atoms with E-state index in [1.165, 1.54) is 16.8 Å². The summed E-state index contributed by atoms with van der Waals surface area (Å²) in [5.41, 5.74) is 3.82. The van der Waals surface area contributed by atoms with Crippen molar-refractivity contribution in [2.75, 3.05) is 18.0 Å². The molecule has 1 N–H and O–H groups in total. The van der Waals surface area contributed by atoms with Crippen molar-refractivity contribution in [2.45, 2.75) is 26.9 Å². The van der Waals surface area contributed by atoms with Gasteiger partial charge in [0.15, 0.2) is 0 Å². The third kappa shape index (κ3) is 5.37. The first-order valence-corrected chi connectivity index (χ1v) is 7.27. The van der Waals surface area contributed by atoms with Crippen molar-refractivity contribution < 1.29 is 0 Å². The van der Waals surface area contributed by atoms with E-state index < -0.39 is 0 Å². The van der Waals surface area contributed by atoms with E-state index >= 15 is 0 Å². The molecule has 1 heterocycles. The molecule has 0 aliphatic rings. The van der Waals surface area contributed by atoms with Gasteiger partial charge in [0.1, 0.15) is 0 Å². The fourth-order valence-electron chi connectivity index (χ4n) is 2.27. The molecule has 0 saturated heterocycles. The second kappa shape index (κ2) is 9.37. The van der Waals surface area contributed by atoms with Gasteiger partial charge in [-0.3, -0.25) is 4.98 Å². The molecular weight excluding hydrogens is 282 g/mol. The second-order valence-electron chi connectivity index (χ2n) is 4.80. The number of pyridine rings is 1. The molecule has 3 nitrogen and oxygen atoms in total. The summed E-state index contributed by atoms with van der Waals surface area (Å²) in [6, 6.07) is 12.9. The highest BCUT2D eigenvalue weighted by molar-refractivity contribution is 5.85. The number of hydrogen-bond donors (Lipinski definition) is 1. The molecule has 0 unspecified atom stereocenters. The van der Waals surface area contributed by atoms with Crippen LogP contribution < -0.4 is 10.2 Å². The highest BCUT2D eigenvalue weighted by Gasteiger charge is 2.01. The molecule has 4 heteroatoms. The summed E-state index contributed by atoms with van der Waals surface area (Å²) < 4.78 is 0. The third-order valence-electron chi connectivity index (χ3n) is 3.45. The number of benzene rings is 1. The Bertz CT molecular complexity index is 495. The molecule has 1 aromatic carbocycles. The van der Waals surface area contributed by atoms with Crippen molar-refractivity contribution in [1.82, 2.24) is 10.3 Å². The highest BCUT2D eigenvalue weighted by Crippen LogP contribution is 2.14. The number of hydrogen-bond acceptors (Lipinski definition) is 3. The van der Waals surface area contributed by atoms with Crippen LogP contribution in [0.2, 0.25) is 0 Å². The van der Waals surface area contributed by atoms with E-state index in [1.807, 2.05) is 12.3 Å². The van der Waals surface area contributed by atoms with Crippen LogP contribution in [0.1, 0.15) is 25.0 Å². The van der Waals surface area contributed by atoms with Crippen LogP contribution in [0.3, 0.4) is 0 Å². The summed E-state index contributed by atoms with van der Waals surface area (Å²) in [5, 5.41) is 3.44. The molecule has 0 aliphatic carbocycles. The Balaban J connectivity index is 0.00000220. The number of halogens is 1. The van der Waals surface area contributed by atoms with E-state index in [2.05, 4.69) is 59.4 Å². The number of aromatic nitrogens is 1. The van der Waals surface area contributed by atoms with Crippen LogP contribution in [0, 0.1) is 0 Å². The first-order chi connectivity index (χ1) is 9.83. The van der Waals surface area contributed by atoms with E-state index in [1.54, 1.807) is 6.20 Å². The maximum absolute atomic E-state index is 4.11. The minimum Gasteiger partial charge on any atom is -0.372 e. The Hall–Kier alpha value is -1.58. The molecule has 2 rings (SSSR count). The number of nitrogens with zero attached hydrogens (tertiary/aromatic N) is 2. The van der Waals surface area contributed by atoms with E-state index in [0.717, 1.165) is 26.2 Å². The van der Waals surface area contributed by atoms with Crippen LogP contribution in [0.25, 0.3) is 0 Å². The van der Waals surface area contributed by atoms with Gasteiger partial charge in [0.25, 0.3) is 0 Å². The van der Waals surface area contributed by atoms with Crippen LogP contribution in [-0.2, 0) is 13.1 Å². The standard InChI is InChI=1S/C17H23N3.ClH/c1-3-20(4-2)17-9-7-15(8-10-17)12-19-14-16-6-5-11-18-13-16;/h5-11,13,19H,3-4,12,14H2,1-2H3;1H. The maximum atomic E-state index is 4.11. The van der Waals surface area contributed by atoms with E-state index in [9.17, 15) is 0 Å². The minimum atomic E-state index is 0. The first-order valence-electron chi connectivity index (χ1n) is 7.27. The largest absolute Gasteiger partial charge is 0.372 e. The monoisotopic (exact) mass is 305 g/mol. The highest BCUT2D eigenvalue weighted by atomic mass is 35.5. The predicted octanol–water partition coefficient (Wildman–Crippen LogP) is 3.64. The number of anilines is 1. The Morgan fingerprint density at radius 1 is 0.952 bits per heavy atom. The van der Waals surface area contributed by atoms with Gasteiger partial charge in [0, 0.05) is 44.3 Å². The topological polar surface area (TPSA) is 28.2 Å². The number of nitrogens with one attached hydrogen (secondary N) is 1. The van der Waals surface area contributed by atoms with Crippen molar-refractivity contribution in [2.24, 2.45) is 0 Å². The lowest BCUT2D eigenvalue weighted by molar-refractivity contribution is 0.691. The van der Waals surface area contributed by atoms with Crippen LogP contribution in [0.4, 0.5) is 5.69 Å². The van der Waals surface area contributed by atoms with E-state index in [-0.39, 0.29) is 12.4 Å². The van der Waals surface area contributed by atoms with Crippen molar-refractivity contribution >= 4 is 18.1 Å². The molecular formula is C17H24ClN3. The van der Waals surface area contributed by atoms with Gasteiger partial charge < -0.3 is 10.2 Å². The molecule has 114 valence electrons. The zero-order chi connectivity index (χ0) is 14.2. The average molecular weight is 306 g/mol. The molecule has 21 heavy (non-hydrogen) atoms. The van der Waals surface area contributed by atoms with Crippen molar-refractivity contribution in [3.05, 3.63) is 59.9 Å². The number of rotatable bonds is 7. The van der Waals surface area contributed by atoms with Crippen LogP contribution in [-0.4, -0.2) is 18.1 Å². The molecule has 0 radical (unpaired) electrons. The summed E-state index contributed by atoms with van der Waals surface area (Å²) in [5.74, 6) is 0. The lowest BCUT2D eigenvalue weighted by Crippen LogP contribution is -2.21. The van der Waals surface area contributed by atoms with Gasteiger partial charge in [0.05, 0.1) is 0 Å². The fraction of sp³-hybridized carbons (Fsp3) is 0.353. The molecule has 0 fully saturated rings. The quantitative estimate of drug-likeness (QED) is 0.846. The summed E-state index contributed by atoms with van der Waals surface area (Å²) in [6.45, 7) is 8.21. The van der Waals surface area contributed by atoms with Crippen LogP contribution in [0.15, 0.2) is 48.8 Å². The minimum absolute atomic E-state index is 0. The molecule has 0 saturated carbocycles. The van der Waals surface area contributed by atoms with Crippen molar-refractivity contribution in [3.8, 4) is 0 Å². The lowest BCUT2D eigenvalue weighted by Gasteiger charge is -2.21. The third-order valence-corrected chi connectivity index (χ3v) is 3.45. The van der Waals surface area contributed by atoms with Gasteiger partial charge in [-0.1, -0.05) is 18.2 Å². The average Bonchev–Trinajstić information content (AvgIpc) is 2.51. The van der Waals surface area contributed by atoms with Gasteiger partial charge in [-0.2, -0.15) is 0 Å². The Morgan fingerprint density at radius 2 is 1.62 bits per heavy atom. The normalized spacial score (nSPS) is 10.0. The SMILES string of the molecule is CCN(CC)c1ccc(CNCc2cccnc2)cc1.Cl. The van der Waals surface area contributed by atoms with Gasteiger partial charge >= 0.3 is 0 Å². The summed E-state index contributed by atoms with van der Waals surface area (Å²) in [7, 11) is 0. The van der Waals surface area contributed by atoms with Crippen LogP contribution in [0.5, 0.6) is 0 Å². The summed E-state index contributed by atoms with van der Waals surface area (Å²) in [6.07, 6.45) is 3.70. The maximum Gasteiger partial charge on any atom is 0.0366 e. The molecule has 0 amide bonds. The smallest absolute Gasteiger partial charge is 0.0366 e. The van der Waals surface area contributed by atoms with Crippen LogP contribution >= 0.6 is 12.4 Å². The van der Waals surface area contributed by atoms with Crippen molar-refractivity contribution in [1.29, 1.82) is 0 Å². The van der Waals surface area contributed by atoms with Crippen molar-refractivity contribution in [3.63, 3.8) is 0 Å². The molecule has 2 aromatic rings. The zero-order valence-corrected chi connectivity index (χ0v) is 13.6. The molecule has 1 aromatic heterocycles. The van der Waals surface area contributed by atoms with E-state index in [4.69, 9.17) is 0 Å². The fourth-order valence-corrected chi connectivity index (χ4v) is 2.27. The second-order valence-corrected chi connectivity index (χ2v) is 4.80. The first kappa shape index (κ1) is 17.5. The van der Waals surface area contributed by atoms with Gasteiger partial charge in [0.2, 0.25) is 0 Å². The lowest BCUT2D eigenvalue weighted by atomic mass is 10.2. The zero-order valence-electron chi connectivity index (χ0n) is 12.7. The van der Waals surface area contributed by atoms with Gasteiger partial charge in [-0.05, 0) is 43.2 Å². The molecule has 0 aliphatic heterocycles. The summed E-state index contributed by atoms with van der Waals surface area (Å²) in [4.78, 5) is 6.47. The van der Waals surface area contributed by atoms with E-state index in [0.29, 0.717) is 0 Å². The molecule has 0 atom stereocenters. The predicted molar refractivity (Wildman–Crippen MR) is 92.0 cm³/mol. The molecule has 0 spiro atoms. The summed E-state index contributed by atoms with van der Waals surface area (Å²) >= 11 is 0. The Kier molecular flexibility index (Phi) is 7.80. The Labute approximate surface area is 133 Å². The van der Waals surface area contributed by atoms with Gasteiger partial charge in [-0.15, -0.1) is 12.4 Å². The van der Waals surface area contributed by atoms with Gasteiger partial charge in [-0.25, -0.2) is 0 Å². The Morgan fingerprint density at radius 3 is 2.19 bits per heavy atom.